The summed E-state index contributed by atoms with van der Waals surface area (Å²) in [5, 5.41) is 3.02. The fourth-order valence-corrected chi connectivity index (χ4v) is 3.59. The van der Waals surface area contributed by atoms with Gasteiger partial charge in [0.1, 0.15) is 5.82 Å². The van der Waals surface area contributed by atoms with E-state index in [-0.39, 0.29) is 24.2 Å². The Hall–Kier alpha value is -2.36. The number of hydrogen-bond acceptors (Lipinski definition) is 2. The van der Waals surface area contributed by atoms with Gasteiger partial charge in [0, 0.05) is 25.2 Å². The molecule has 0 radical (unpaired) electrons. The van der Waals surface area contributed by atoms with Crippen molar-refractivity contribution in [3.8, 4) is 0 Å². The molecule has 0 aliphatic carbocycles. The average molecular weight is 368 g/mol. The van der Waals surface area contributed by atoms with E-state index >= 15 is 0 Å². The van der Waals surface area contributed by atoms with Gasteiger partial charge in [0.15, 0.2) is 0 Å². The van der Waals surface area contributed by atoms with E-state index in [0.29, 0.717) is 12.0 Å². The van der Waals surface area contributed by atoms with Gasteiger partial charge in [0.2, 0.25) is 5.91 Å². The molecule has 2 aromatic rings. The Morgan fingerprint density at radius 2 is 1.81 bits per heavy atom. The number of benzene rings is 2. The summed E-state index contributed by atoms with van der Waals surface area (Å²) in [5.74, 6) is 0.515. The van der Waals surface area contributed by atoms with Crippen molar-refractivity contribution in [1.29, 1.82) is 0 Å². The molecular weight excluding hydrogens is 339 g/mol. The van der Waals surface area contributed by atoms with Crippen LogP contribution in [0.15, 0.2) is 48.5 Å². The Balaban J connectivity index is 1.50. The second-order valence-corrected chi connectivity index (χ2v) is 7.64. The minimum Gasteiger partial charge on any atom is -0.372 e. The van der Waals surface area contributed by atoms with Crippen molar-refractivity contribution in [1.82, 2.24) is 5.32 Å². The molecule has 1 N–H and O–H groups in total. The van der Waals surface area contributed by atoms with E-state index in [0.717, 1.165) is 24.6 Å². The molecule has 3 rings (SSSR count). The van der Waals surface area contributed by atoms with Gasteiger partial charge in [0.05, 0.1) is 6.04 Å². The van der Waals surface area contributed by atoms with Crippen LogP contribution in [-0.4, -0.2) is 19.0 Å². The zero-order valence-electron chi connectivity index (χ0n) is 16.2. The number of anilines is 1. The van der Waals surface area contributed by atoms with Gasteiger partial charge < -0.3 is 10.2 Å². The quantitative estimate of drug-likeness (QED) is 0.789. The van der Waals surface area contributed by atoms with Gasteiger partial charge in [0.25, 0.3) is 0 Å². The van der Waals surface area contributed by atoms with Crippen molar-refractivity contribution in [2.24, 2.45) is 5.92 Å². The zero-order chi connectivity index (χ0) is 19.2. The molecule has 1 aliphatic heterocycles. The van der Waals surface area contributed by atoms with Crippen LogP contribution in [0, 0.1) is 11.7 Å². The number of hydrogen-bond donors (Lipinski definition) is 1. The summed E-state index contributed by atoms with van der Waals surface area (Å²) in [6.45, 7) is 6.53. The number of piperidine rings is 1. The molecule has 1 atom stereocenters. The molecule has 27 heavy (non-hydrogen) atoms. The summed E-state index contributed by atoms with van der Waals surface area (Å²) in [7, 11) is 0. The first kappa shape index (κ1) is 19.4. The highest BCUT2D eigenvalue weighted by molar-refractivity contribution is 5.76. The van der Waals surface area contributed by atoms with E-state index in [4.69, 9.17) is 0 Å². The Morgan fingerprint density at radius 1 is 1.15 bits per heavy atom. The van der Waals surface area contributed by atoms with Gasteiger partial charge in [-0.05, 0) is 61.4 Å². The molecule has 1 heterocycles. The highest BCUT2D eigenvalue weighted by atomic mass is 19.1. The normalized spacial score (nSPS) is 16.2. The molecule has 3 nitrogen and oxygen atoms in total. The Bertz CT molecular complexity index is 751. The number of aryl methyl sites for hydroxylation is 1. The number of nitrogens with one attached hydrogen (secondary N) is 1. The maximum Gasteiger partial charge on any atom is 0.220 e. The summed E-state index contributed by atoms with van der Waals surface area (Å²) >= 11 is 0. The highest BCUT2D eigenvalue weighted by Crippen LogP contribution is 2.24. The zero-order valence-corrected chi connectivity index (χ0v) is 16.2. The minimum absolute atomic E-state index is 0.0557. The number of carbonyl (C=O) groups is 1. The molecule has 144 valence electrons. The Labute approximate surface area is 161 Å². The van der Waals surface area contributed by atoms with Crippen LogP contribution in [0.3, 0.4) is 0 Å². The smallest absolute Gasteiger partial charge is 0.220 e. The number of carbonyl (C=O) groups excluding carboxylic acids is 1. The first-order valence-corrected chi connectivity index (χ1v) is 9.90. The summed E-state index contributed by atoms with van der Waals surface area (Å²) in [6.07, 6.45) is 3.19. The molecule has 1 amide bonds. The predicted octanol–water partition coefficient (Wildman–Crippen LogP) is 4.87. The summed E-state index contributed by atoms with van der Waals surface area (Å²) in [4.78, 5) is 14.6. The lowest BCUT2D eigenvalue weighted by Gasteiger charge is -2.32. The van der Waals surface area contributed by atoms with Crippen LogP contribution in [0.5, 0.6) is 0 Å². The van der Waals surface area contributed by atoms with Gasteiger partial charge in [-0.1, -0.05) is 37.3 Å². The lowest BCUT2D eigenvalue weighted by molar-refractivity contribution is -0.121. The Kier molecular flexibility index (Phi) is 6.49. The van der Waals surface area contributed by atoms with E-state index in [9.17, 15) is 9.18 Å². The molecule has 1 fully saturated rings. The Morgan fingerprint density at radius 3 is 2.48 bits per heavy atom. The summed E-state index contributed by atoms with van der Waals surface area (Å²) in [6, 6.07) is 15.0. The van der Waals surface area contributed by atoms with Crippen LogP contribution in [0.4, 0.5) is 10.1 Å². The van der Waals surface area contributed by atoms with E-state index < -0.39 is 0 Å². The van der Waals surface area contributed by atoms with E-state index in [1.54, 1.807) is 18.2 Å². The largest absolute Gasteiger partial charge is 0.372 e. The van der Waals surface area contributed by atoms with E-state index in [1.807, 2.05) is 6.92 Å². The van der Waals surface area contributed by atoms with Crippen molar-refractivity contribution < 1.29 is 9.18 Å². The third kappa shape index (κ3) is 5.31. The van der Waals surface area contributed by atoms with Crippen LogP contribution in [0.25, 0.3) is 0 Å². The standard InChI is InChI=1S/C23H29FN2O/c1-17-13-15-26(16-14-17)21-10-7-19(8-11-21)18(2)25-23(27)12-9-20-5-3-4-6-22(20)24/h3-8,10-11,17-18H,9,12-16H2,1-2H3,(H,25,27)/t18-/m0/s1. The monoisotopic (exact) mass is 368 g/mol. The van der Waals surface area contributed by atoms with Gasteiger partial charge in [-0.2, -0.15) is 0 Å². The van der Waals surface area contributed by atoms with Crippen molar-refractivity contribution in [2.45, 2.75) is 45.6 Å². The summed E-state index contributed by atoms with van der Waals surface area (Å²) in [5.41, 5.74) is 2.92. The molecule has 4 heteroatoms. The summed E-state index contributed by atoms with van der Waals surface area (Å²) < 4.78 is 13.6. The molecule has 0 saturated carbocycles. The van der Waals surface area contributed by atoms with E-state index in [2.05, 4.69) is 41.4 Å². The van der Waals surface area contributed by atoms with Crippen LogP contribution >= 0.6 is 0 Å². The molecule has 0 bridgehead atoms. The lowest BCUT2D eigenvalue weighted by Crippen LogP contribution is -2.32. The molecular formula is C23H29FN2O. The van der Waals surface area contributed by atoms with Gasteiger partial charge in [-0.3, -0.25) is 4.79 Å². The first-order valence-electron chi connectivity index (χ1n) is 9.90. The third-order valence-electron chi connectivity index (χ3n) is 5.50. The molecule has 1 saturated heterocycles. The van der Waals surface area contributed by atoms with Crippen molar-refractivity contribution in [2.75, 3.05) is 18.0 Å². The SMILES string of the molecule is CC1CCN(c2ccc([C@H](C)NC(=O)CCc3ccccc3F)cc2)CC1. The number of rotatable bonds is 6. The second kappa shape index (κ2) is 9.03. The number of amides is 1. The van der Waals surface area contributed by atoms with Crippen LogP contribution in [0.2, 0.25) is 0 Å². The molecule has 0 spiro atoms. The average Bonchev–Trinajstić information content (AvgIpc) is 2.68. The molecule has 2 aromatic carbocycles. The van der Waals surface area contributed by atoms with Crippen molar-refractivity contribution in [3.63, 3.8) is 0 Å². The molecule has 1 aliphatic rings. The minimum atomic E-state index is -0.249. The van der Waals surface area contributed by atoms with Crippen molar-refractivity contribution >= 4 is 11.6 Å². The van der Waals surface area contributed by atoms with Crippen molar-refractivity contribution in [3.05, 3.63) is 65.5 Å². The van der Waals surface area contributed by atoms with Crippen LogP contribution in [-0.2, 0) is 11.2 Å². The first-order chi connectivity index (χ1) is 13.0. The van der Waals surface area contributed by atoms with Crippen LogP contribution < -0.4 is 10.2 Å². The third-order valence-corrected chi connectivity index (χ3v) is 5.50. The molecule has 0 unspecified atom stereocenters. The lowest BCUT2D eigenvalue weighted by atomic mass is 9.98. The number of nitrogens with zero attached hydrogens (tertiary/aromatic N) is 1. The highest BCUT2D eigenvalue weighted by Gasteiger charge is 2.16. The maximum atomic E-state index is 13.6. The number of halogens is 1. The second-order valence-electron chi connectivity index (χ2n) is 7.64. The fourth-order valence-electron chi connectivity index (χ4n) is 3.59. The fraction of sp³-hybridized carbons (Fsp3) is 0.435. The van der Waals surface area contributed by atoms with Gasteiger partial charge in [-0.25, -0.2) is 4.39 Å². The topological polar surface area (TPSA) is 32.3 Å². The van der Waals surface area contributed by atoms with E-state index in [1.165, 1.54) is 24.6 Å². The maximum absolute atomic E-state index is 13.6. The van der Waals surface area contributed by atoms with Gasteiger partial charge >= 0.3 is 0 Å². The van der Waals surface area contributed by atoms with Crippen LogP contribution in [0.1, 0.15) is 50.3 Å². The molecule has 0 aromatic heterocycles. The van der Waals surface area contributed by atoms with Gasteiger partial charge in [-0.15, -0.1) is 0 Å². The predicted molar refractivity (Wildman–Crippen MR) is 108 cm³/mol.